The molecule has 1 aromatic carbocycles. The number of hydrogen-bond donors (Lipinski definition) is 1. The molecule has 1 aromatic heterocycles. The lowest BCUT2D eigenvalue weighted by Crippen LogP contribution is -2.22. The van der Waals surface area contributed by atoms with E-state index >= 15 is 0 Å². The summed E-state index contributed by atoms with van der Waals surface area (Å²) < 4.78 is 11.3. The highest BCUT2D eigenvalue weighted by atomic mass is 16.5. The Labute approximate surface area is 122 Å². The van der Waals surface area contributed by atoms with Gasteiger partial charge in [0.15, 0.2) is 5.69 Å². The number of carboxylic acid groups (broad SMARTS) is 1. The Morgan fingerprint density at radius 1 is 1.29 bits per heavy atom. The van der Waals surface area contributed by atoms with Crippen LogP contribution in [0.15, 0.2) is 34.7 Å². The smallest absolute Gasteiger partial charge is 0.358 e. The molecule has 0 radical (unpaired) electrons. The fourth-order valence-corrected chi connectivity index (χ4v) is 2.54. The molecule has 5 heteroatoms. The van der Waals surface area contributed by atoms with E-state index in [9.17, 15) is 9.90 Å². The number of nitrogens with zero attached hydrogens (tertiary/aromatic N) is 1. The Morgan fingerprint density at radius 3 is 2.76 bits per heavy atom. The van der Waals surface area contributed by atoms with Crippen molar-refractivity contribution < 1.29 is 19.1 Å². The van der Waals surface area contributed by atoms with Gasteiger partial charge in [-0.2, -0.15) is 0 Å². The quantitative estimate of drug-likeness (QED) is 0.935. The van der Waals surface area contributed by atoms with Gasteiger partial charge in [0.25, 0.3) is 0 Å². The number of aromatic carboxylic acids is 1. The lowest BCUT2D eigenvalue weighted by atomic mass is 10.0. The molecule has 1 aliphatic rings. The minimum absolute atomic E-state index is 0.0111. The molecule has 2 aromatic rings. The normalized spacial score (nSPS) is 18.6. The molecule has 1 fully saturated rings. The van der Waals surface area contributed by atoms with Crippen molar-refractivity contribution in [3.05, 3.63) is 41.8 Å². The summed E-state index contributed by atoms with van der Waals surface area (Å²) in [6.07, 6.45) is 3.58. The Bertz CT molecular complexity index is 614. The Kier molecular flexibility index (Phi) is 4.01. The van der Waals surface area contributed by atoms with Crippen LogP contribution >= 0.6 is 0 Å². The number of benzene rings is 1. The van der Waals surface area contributed by atoms with Gasteiger partial charge in [0.2, 0.25) is 5.89 Å². The average molecular weight is 287 g/mol. The lowest BCUT2D eigenvalue weighted by molar-refractivity contribution is 0.0138. The van der Waals surface area contributed by atoms with Crippen LogP contribution in [-0.2, 0) is 11.2 Å². The van der Waals surface area contributed by atoms with E-state index in [4.69, 9.17) is 9.15 Å². The molecule has 0 aliphatic carbocycles. The second kappa shape index (κ2) is 6.10. The van der Waals surface area contributed by atoms with E-state index in [1.54, 1.807) is 0 Å². The summed E-state index contributed by atoms with van der Waals surface area (Å²) in [5, 5.41) is 9.29. The van der Waals surface area contributed by atoms with Crippen molar-refractivity contribution in [3.8, 4) is 11.5 Å². The fraction of sp³-hybridized carbons (Fsp3) is 0.375. The Morgan fingerprint density at radius 2 is 2.10 bits per heavy atom. The molecule has 1 unspecified atom stereocenters. The molecule has 3 rings (SSSR count). The molecule has 21 heavy (non-hydrogen) atoms. The number of ether oxygens (including phenoxy) is 1. The van der Waals surface area contributed by atoms with E-state index in [1.165, 1.54) is 0 Å². The van der Waals surface area contributed by atoms with Gasteiger partial charge in [0, 0.05) is 18.6 Å². The topological polar surface area (TPSA) is 72.6 Å². The molecule has 5 nitrogen and oxygen atoms in total. The third kappa shape index (κ3) is 3.13. The van der Waals surface area contributed by atoms with Crippen LogP contribution in [0.2, 0.25) is 0 Å². The maximum absolute atomic E-state index is 11.3. The molecule has 0 saturated carbocycles. The van der Waals surface area contributed by atoms with Crippen molar-refractivity contribution in [2.24, 2.45) is 0 Å². The highest BCUT2D eigenvalue weighted by molar-refractivity contribution is 5.87. The van der Waals surface area contributed by atoms with E-state index in [0.717, 1.165) is 31.4 Å². The maximum Gasteiger partial charge on any atom is 0.358 e. The third-order valence-corrected chi connectivity index (χ3v) is 3.61. The number of oxazole rings is 1. The Balaban J connectivity index is 1.88. The van der Waals surface area contributed by atoms with Crippen molar-refractivity contribution in [1.29, 1.82) is 0 Å². The molecular formula is C16H17NO4. The van der Waals surface area contributed by atoms with Crippen LogP contribution in [0, 0.1) is 0 Å². The van der Waals surface area contributed by atoms with Crippen LogP contribution in [0.5, 0.6) is 0 Å². The molecule has 0 bridgehead atoms. The zero-order valence-corrected chi connectivity index (χ0v) is 11.6. The SMILES string of the molecule is O=C(O)c1nc(-c2ccccc2)oc1CC1CCCCO1. The van der Waals surface area contributed by atoms with Gasteiger partial charge in [-0.1, -0.05) is 18.2 Å². The van der Waals surface area contributed by atoms with Gasteiger partial charge in [-0.05, 0) is 31.4 Å². The average Bonchev–Trinajstić information content (AvgIpc) is 2.93. The second-order valence-electron chi connectivity index (χ2n) is 5.15. The van der Waals surface area contributed by atoms with Crippen molar-refractivity contribution >= 4 is 5.97 Å². The van der Waals surface area contributed by atoms with E-state index in [0.29, 0.717) is 18.1 Å². The van der Waals surface area contributed by atoms with Crippen molar-refractivity contribution in [3.63, 3.8) is 0 Å². The highest BCUT2D eigenvalue weighted by Crippen LogP contribution is 2.25. The van der Waals surface area contributed by atoms with Crippen LogP contribution < -0.4 is 0 Å². The molecule has 0 amide bonds. The highest BCUT2D eigenvalue weighted by Gasteiger charge is 2.24. The zero-order valence-electron chi connectivity index (χ0n) is 11.6. The molecule has 2 heterocycles. The summed E-state index contributed by atoms with van der Waals surface area (Å²) in [5.41, 5.74) is 0.763. The molecule has 1 saturated heterocycles. The van der Waals surface area contributed by atoms with Crippen molar-refractivity contribution in [2.75, 3.05) is 6.61 Å². The first kappa shape index (κ1) is 13.8. The van der Waals surface area contributed by atoms with Crippen LogP contribution in [-0.4, -0.2) is 28.8 Å². The first-order chi connectivity index (χ1) is 10.2. The number of aromatic nitrogens is 1. The minimum atomic E-state index is -1.06. The van der Waals surface area contributed by atoms with Gasteiger partial charge in [-0.3, -0.25) is 0 Å². The standard InChI is InChI=1S/C16H17NO4/c18-16(19)14-13(10-12-8-4-5-9-20-12)21-15(17-14)11-6-2-1-3-7-11/h1-3,6-7,12H,4-5,8-10H2,(H,18,19). The van der Waals surface area contributed by atoms with Gasteiger partial charge in [-0.15, -0.1) is 0 Å². The third-order valence-electron chi connectivity index (χ3n) is 3.61. The van der Waals surface area contributed by atoms with Crippen molar-refractivity contribution in [1.82, 2.24) is 4.98 Å². The van der Waals surface area contributed by atoms with E-state index in [-0.39, 0.29) is 11.8 Å². The first-order valence-electron chi connectivity index (χ1n) is 7.14. The van der Waals surface area contributed by atoms with Gasteiger partial charge >= 0.3 is 5.97 Å². The van der Waals surface area contributed by atoms with Gasteiger partial charge in [0.1, 0.15) is 5.76 Å². The minimum Gasteiger partial charge on any atom is -0.476 e. The van der Waals surface area contributed by atoms with Crippen LogP contribution in [0.4, 0.5) is 0 Å². The summed E-state index contributed by atoms with van der Waals surface area (Å²) in [7, 11) is 0. The van der Waals surface area contributed by atoms with E-state index < -0.39 is 5.97 Å². The summed E-state index contributed by atoms with van der Waals surface area (Å²) >= 11 is 0. The second-order valence-corrected chi connectivity index (χ2v) is 5.15. The van der Waals surface area contributed by atoms with Crippen molar-refractivity contribution in [2.45, 2.75) is 31.8 Å². The molecule has 1 atom stereocenters. The van der Waals surface area contributed by atoms with Gasteiger partial charge < -0.3 is 14.3 Å². The number of carboxylic acids is 1. The lowest BCUT2D eigenvalue weighted by Gasteiger charge is -2.21. The molecule has 0 spiro atoms. The summed E-state index contributed by atoms with van der Waals surface area (Å²) in [6, 6.07) is 9.31. The first-order valence-corrected chi connectivity index (χ1v) is 7.14. The van der Waals surface area contributed by atoms with E-state index in [2.05, 4.69) is 4.98 Å². The molecule has 1 N–H and O–H groups in total. The van der Waals surface area contributed by atoms with Crippen LogP contribution in [0.3, 0.4) is 0 Å². The zero-order chi connectivity index (χ0) is 14.7. The predicted molar refractivity (Wildman–Crippen MR) is 76.2 cm³/mol. The fourth-order valence-electron chi connectivity index (χ4n) is 2.54. The molecule has 110 valence electrons. The largest absolute Gasteiger partial charge is 0.476 e. The summed E-state index contributed by atoms with van der Waals surface area (Å²) in [4.78, 5) is 15.5. The Hall–Kier alpha value is -2.14. The monoisotopic (exact) mass is 287 g/mol. The number of rotatable bonds is 4. The van der Waals surface area contributed by atoms with Gasteiger partial charge in [-0.25, -0.2) is 9.78 Å². The molecular weight excluding hydrogens is 270 g/mol. The number of hydrogen-bond acceptors (Lipinski definition) is 4. The summed E-state index contributed by atoms with van der Waals surface area (Å²) in [6.45, 7) is 0.729. The molecule has 1 aliphatic heterocycles. The van der Waals surface area contributed by atoms with Crippen LogP contribution in [0.25, 0.3) is 11.5 Å². The maximum atomic E-state index is 11.3. The van der Waals surface area contributed by atoms with E-state index in [1.807, 2.05) is 30.3 Å². The predicted octanol–water partition coefficient (Wildman–Crippen LogP) is 3.15. The summed E-state index contributed by atoms with van der Waals surface area (Å²) in [5.74, 6) is -0.321. The van der Waals surface area contributed by atoms with Crippen LogP contribution in [0.1, 0.15) is 35.5 Å². The number of carbonyl (C=O) groups is 1. The van der Waals surface area contributed by atoms with Gasteiger partial charge in [0.05, 0.1) is 6.10 Å².